The lowest BCUT2D eigenvalue weighted by Crippen LogP contribution is -2.16. The summed E-state index contributed by atoms with van der Waals surface area (Å²) >= 11 is 0. The average Bonchev–Trinajstić information content (AvgIpc) is 2.28. The van der Waals surface area contributed by atoms with E-state index in [9.17, 15) is 0 Å². The SMILES string of the molecule is CNCCC(c1ccc(C(C)(C)C)cc1)C(C)C. The van der Waals surface area contributed by atoms with Gasteiger partial charge in [0.2, 0.25) is 0 Å². The second kappa shape index (κ2) is 6.38. The van der Waals surface area contributed by atoms with Gasteiger partial charge in [0, 0.05) is 0 Å². The maximum Gasteiger partial charge on any atom is -0.00460 e. The van der Waals surface area contributed by atoms with Crippen LogP contribution in [-0.4, -0.2) is 13.6 Å². The summed E-state index contributed by atoms with van der Waals surface area (Å²) in [6, 6.07) is 9.23. The molecule has 1 aromatic carbocycles. The van der Waals surface area contributed by atoms with Gasteiger partial charge in [-0.05, 0) is 48.4 Å². The highest BCUT2D eigenvalue weighted by atomic mass is 14.8. The summed E-state index contributed by atoms with van der Waals surface area (Å²) in [6.45, 7) is 12.5. The largest absolute Gasteiger partial charge is 0.320 e. The summed E-state index contributed by atoms with van der Waals surface area (Å²) in [7, 11) is 2.03. The van der Waals surface area contributed by atoms with Crippen LogP contribution in [0.15, 0.2) is 24.3 Å². The van der Waals surface area contributed by atoms with Crippen molar-refractivity contribution in [2.45, 2.75) is 52.4 Å². The van der Waals surface area contributed by atoms with E-state index in [1.165, 1.54) is 17.5 Å². The van der Waals surface area contributed by atoms with Crippen LogP contribution in [0.1, 0.15) is 58.1 Å². The molecule has 0 aliphatic heterocycles. The van der Waals surface area contributed by atoms with Gasteiger partial charge in [0.05, 0.1) is 0 Å². The van der Waals surface area contributed by atoms with Crippen molar-refractivity contribution in [3.05, 3.63) is 35.4 Å². The first-order valence-corrected chi connectivity index (χ1v) is 7.11. The molecule has 0 amide bonds. The van der Waals surface area contributed by atoms with Crippen LogP contribution < -0.4 is 5.32 Å². The molecule has 1 aromatic rings. The number of hydrogen-bond acceptors (Lipinski definition) is 1. The first-order chi connectivity index (χ1) is 8.36. The fraction of sp³-hybridized carbons (Fsp3) is 0.647. The lowest BCUT2D eigenvalue weighted by atomic mass is 9.82. The smallest absolute Gasteiger partial charge is 0.00460 e. The van der Waals surface area contributed by atoms with E-state index in [4.69, 9.17) is 0 Å². The Morgan fingerprint density at radius 2 is 1.61 bits per heavy atom. The van der Waals surface area contributed by atoms with Crippen molar-refractivity contribution >= 4 is 0 Å². The van der Waals surface area contributed by atoms with E-state index in [2.05, 4.69) is 64.2 Å². The zero-order valence-corrected chi connectivity index (χ0v) is 12.9. The molecule has 0 aromatic heterocycles. The standard InChI is InChI=1S/C17H29N/c1-13(2)16(11-12-18-6)14-7-9-15(10-8-14)17(3,4)5/h7-10,13,16,18H,11-12H2,1-6H3. The molecular weight excluding hydrogens is 218 g/mol. The minimum absolute atomic E-state index is 0.247. The van der Waals surface area contributed by atoms with Crippen molar-refractivity contribution in [1.29, 1.82) is 0 Å². The van der Waals surface area contributed by atoms with Crippen LogP contribution in [0.5, 0.6) is 0 Å². The van der Waals surface area contributed by atoms with Gasteiger partial charge < -0.3 is 5.32 Å². The highest BCUT2D eigenvalue weighted by Crippen LogP contribution is 2.30. The van der Waals surface area contributed by atoms with Crippen LogP contribution in [0.25, 0.3) is 0 Å². The lowest BCUT2D eigenvalue weighted by Gasteiger charge is -2.24. The summed E-state index contributed by atoms with van der Waals surface area (Å²) in [4.78, 5) is 0. The molecule has 102 valence electrons. The summed E-state index contributed by atoms with van der Waals surface area (Å²) in [5.74, 6) is 1.35. The molecule has 1 N–H and O–H groups in total. The monoisotopic (exact) mass is 247 g/mol. The molecule has 0 saturated heterocycles. The van der Waals surface area contributed by atoms with Gasteiger partial charge in [-0.2, -0.15) is 0 Å². The van der Waals surface area contributed by atoms with Gasteiger partial charge in [0.1, 0.15) is 0 Å². The van der Waals surface area contributed by atoms with E-state index in [1.807, 2.05) is 7.05 Å². The van der Waals surface area contributed by atoms with Gasteiger partial charge in [-0.15, -0.1) is 0 Å². The highest BCUT2D eigenvalue weighted by Gasteiger charge is 2.17. The molecule has 1 rings (SSSR count). The van der Waals surface area contributed by atoms with Crippen LogP contribution >= 0.6 is 0 Å². The quantitative estimate of drug-likeness (QED) is 0.816. The molecule has 0 aliphatic rings. The van der Waals surface area contributed by atoms with Crippen LogP contribution in [-0.2, 0) is 5.41 Å². The van der Waals surface area contributed by atoms with Gasteiger partial charge in [-0.25, -0.2) is 0 Å². The number of rotatable bonds is 5. The highest BCUT2D eigenvalue weighted by molar-refractivity contribution is 5.29. The Morgan fingerprint density at radius 1 is 1.06 bits per heavy atom. The number of benzene rings is 1. The van der Waals surface area contributed by atoms with Crippen LogP contribution in [0.3, 0.4) is 0 Å². The molecule has 1 heteroatoms. The van der Waals surface area contributed by atoms with Crippen molar-refractivity contribution < 1.29 is 0 Å². The van der Waals surface area contributed by atoms with Crippen molar-refractivity contribution in [2.24, 2.45) is 5.92 Å². The third kappa shape index (κ3) is 4.13. The summed E-state index contributed by atoms with van der Waals surface area (Å²) < 4.78 is 0. The summed E-state index contributed by atoms with van der Waals surface area (Å²) in [5, 5.41) is 3.26. The van der Waals surface area contributed by atoms with Crippen molar-refractivity contribution in [2.75, 3.05) is 13.6 Å². The van der Waals surface area contributed by atoms with Gasteiger partial charge in [-0.1, -0.05) is 58.9 Å². The number of hydrogen-bond donors (Lipinski definition) is 1. The molecule has 1 nitrogen and oxygen atoms in total. The third-order valence-corrected chi connectivity index (χ3v) is 3.71. The van der Waals surface area contributed by atoms with Gasteiger partial charge >= 0.3 is 0 Å². The maximum atomic E-state index is 3.26. The molecular formula is C17H29N. The Kier molecular flexibility index (Phi) is 5.40. The molecule has 1 atom stereocenters. The Bertz CT molecular complexity index is 343. The predicted octanol–water partition coefficient (Wildman–Crippen LogP) is 4.33. The van der Waals surface area contributed by atoms with Crippen molar-refractivity contribution in [3.63, 3.8) is 0 Å². The molecule has 0 aliphatic carbocycles. The molecule has 0 fully saturated rings. The van der Waals surface area contributed by atoms with E-state index < -0.39 is 0 Å². The Labute approximate surface area is 113 Å². The fourth-order valence-corrected chi connectivity index (χ4v) is 2.42. The summed E-state index contributed by atoms with van der Waals surface area (Å²) in [6.07, 6.45) is 1.21. The van der Waals surface area contributed by atoms with E-state index in [0.29, 0.717) is 11.8 Å². The fourth-order valence-electron chi connectivity index (χ4n) is 2.42. The second-order valence-corrected chi connectivity index (χ2v) is 6.61. The van der Waals surface area contributed by atoms with Crippen LogP contribution in [0.4, 0.5) is 0 Å². The average molecular weight is 247 g/mol. The van der Waals surface area contributed by atoms with Gasteiger partial charge in [-0.3, -0.25) is 0 Å². The van der Waals surface area contributed by atoms with Crippen molar-refractivity contribution in [1.82, 2.24) is 5.32 Å². The zero-order valence-electron chi connectivity index (χ0n) is 12.9. The molecule has 0 bridgehead atoms. The van der Waals surface area contributed by atoms with E-state index in [1.54, 1.807) is 0 Å². The topological polar surface area (TPSA) is 12.0 Å². The van der Waals surface area contributed by atoms with Crippen LogP contribution in [0.2, 0.25) is 0 Å². The first kappa shape index (κ1) is 15.2. The van der Waals surface area contributed by atoms with E-state index in [-0.39, 0.29) is 5.41 Å². The van der Waals surface area contributed by atoms with Crippen molar-refractivity contribution in [3.8, 4) is 0 Å². The van der Waals surface area contributed by atoms with Gasteiger partial charge in [0.15, 0.2) is 0 Å². The molecule has 1 unspecified atom stereocenters. The molecule has 0 saturated carbocycles. The van der Waals surface area contributed by atoms with Crippen LogP contribution in [0, 0.1) is 5.92 Å². The molecule has 0 heterocycles. The second-order valence-electron chi connectivity index (χ2n) is 6.61. The van der Waals surface area contributed by atoms with E-state index >= 15 is 0 Å². The van der Waals surface area contributed by atoms with Gasteiger partial charge in [0.25, 0.3) is 0 Å². The molecule has 18 heavy (non-hydrogen) atoms. The minimum atomic E-state index is 0.247. The minimum Gasteiger partial charge on any atom is -0.320 e. The number of nitrogens with one attached hydrogen (secondary N) is 1. The van der Waals surface area contributed by atoms with E-state index in [0.717, 1.165) is 6.54 Å². The zero-order chi connectivity index (χ0) is 13.8. The normalized spacial score (nSPS) is 13.9. The lowest BCUT2D eigenvalue weighted by molar-refractivity contribution is 0.460. The summed E-state index contributed by atoms with van der Waals surface area (Å²) in [5.41, 5.74) is 3.15. The first-order valence-electron chi connectivity index (χ1n) is 7.11. The Hall–Kier alpha value is -0.820. The maximum absolute atomic E-state index is 3.26. The molecule has 0 radical (unpaired) electrons. The third-order valence-electron chi connectivity index (χ3n) is 3.71. The molecule has 0 spiro atoms. The Morgan fingerprint density at radius 3 is 2.00 bits per heavy atom. The predicted molar refractivity (Wildman–Crippen MR) is 81.3 cm³/mol. The Balaban J connectivity index is 2.87.